The second kappa shape index (κ2) is 6.39. The number of aryl methyl sites for hydroxylation is 2. The first kappa shape index (κ1) is 15.4. The van der Waals surface area contributed by atoms with Gasteiger partial charge in [0, 0.05) is 30.4 Å². The van der Waals surface area contributed by atoms with Crippen LogP contribution in [0.15, 0.2) is 54.9 Å². The lowest BCUT2D eigenvalue weighted by atomic mass is 10.1. The van der Waals surface area contributed by atoms with Gasteiger partial charge in [-0.3, -0.25) is 4.68 Å². The summed E-state index contributed by atoms with van der Waals surface area (Å²) in [6, 6.07) is 14.2. The Morgan fingerprint density at radius 2 is 1.92 bits per heavy atom. The van der Waals surface area contributed by atoms with E-state index >= 15 is 0 Å². The van der Waals surface area contributed by atoms with Gasteiger partial charge >= 0.3 is 0 Å². The third-order valence-electron chi connectivity index (χ3n) is 4.03. The Balaban J connectivity index is 1.64. The SMILES string of the molecule is Cc1cnn(CCNc2cc(-c3ccccc3)nc3cc(C)nn23)c1. The minimum absolute atomic E-state index is 0.757. The van der Waals surface area contributed by atoms with Gasteiger partial charge in [-0.05, 0) is 19.4 Å². The van der Waals surface area contributed by atoms with Gasteiger partial charge in [0.2, 0.25) is 0 Å². The number of anilines is 1. The number of aromatic nitrogens is 5. The molecule has 0 bridgehead atoms. The van der Waals surface area contributed by atoms with E-state index in [1.807, 2.05) is 65.8 Å². The maximum atomic E-state index is 4.74. The average molecular weight is 332 g/mol. The molecule has 0 saturated heterocycles. The van der Waals surface area contributed by atoms with E-state index in [0.29, 0.717) is 0 Å². The van der Waals surface area contributed by atoms with Gasteiger partial charge in [-0.25, -0.2) is 4.98 Å². The van der Waals surface area contributed by atoms with Crippen LogP contribution in [0.2, 0.25) is 0 Å². The van der Waals surface area contributed by atoms with Crippen LogP contribution in [0.3, 0.4) is 0 Å². The average Bonchev–Trinajstić information content (AvgIpc) is 3.20. The number of fused-ring (bicyclic) bond motifs is 1. The number of hydrogen-bond donors (Lipinski definition) is 1. The third-order valence-corrected chi connectivity index (χ3v) is 4.03. The molecule has 0 aliphatic heterocycles. The number of rotatable bonds is 5. The number of nitrogens with one attached hydrogen (secondary N) is 1. The molecule has 4 rings (SSSR count). The molecule has 0 atom stereocenters. The summed E-state index contributed by atoms with van der Waals surface area (Å²) >= 11 is 0. The largest absolute Gasteiger partial charge is 0.368 e. The van der Waals surface area contributed by atoms with Gasteiger partial charge in [0.15, 0.2) is 5.65 Å². The zero-order chi connectivity index (χ0) is 17.2. The molecular formula is C19H20N6. The van der Waals surface area contributed by atoms with Crippen molar-refractivity contribution in [2.75, 3.05) is 11.9 Å². The van der Waals surface area contributed by atoms with Crippen LogP contribution >= 0.6 is 0 Å². The van der Waals surface area contributed by atoms with Crippen molar-refractivity contribution >= 4 is 11.5 Å². The highest BCUT2D eigenvalue weighted by molar-refractivity contribution is 5.66. The molecule has 4 aromatic rings. The highest BCUT2D eigenvalue weighted by Gasteiger charge is 2.09. The van der Waals surface area contributed by atoms with Crippen molar-refractivity contribution in [2.24, 2.45) is 0 Å². The van der Waals surface area contributed by atoms with Gasteiger partial charge < -0.3 is 5.32 Å². The normalized spacial score (nSPS) is 11.1. The summed E-state index contributed by atoms with van der Waals surface area (Å²) in [6.45, 7) is 5.57. The lowest BCUT2D eigenvalue weighted by molar-refractivity contribution is 0.635. The predicted molar refractivity (Wildman–Crippen MR) is 98.6 cm³/mol. The second-order valence-electron chi connectivity index (χ2n) is 6.16. The lowest BCUT2D eigenvalue weighted by Crippen LogP contribution is -2.13. The summed E-state index contributed by atoms with van der Waals surface area (Å²) < 4.78 is 3.79. The van der Waals surface area contributed by atoms with Crippen LogP contribution in [0.4, 0.5) is 5.82 Å². The van der Waals surface area contributed by atoms with E-state index < -0.39 is 0 Å². The predicted octanol–water partition coefficient (Wildman–Crippen LogP) is 3.32. The van der Waals surface area contributed by atoms with Gasteiger partial charge in [0.25, 0.3) is 0 Å². The van der Waals surface area contributed by atoms with E-state index in [9.17, 15) is 0 Å². The first-order valence-corrected chi connectivity index (χ1v) is 8.35. The van der Waals surface area contributed by atoms with Gasteiger partial charge in [-0.15, -0.1) is 0 Å². The van der Waals surface area contributed by atoms with E-state index in [4.69, 9.17) is 4.98 Å². The summed E-state index contributed by atoms with van der Waals surface area (Å²) in [5.74, 6) is 0.931. The Kier molecular flexibility index (Phi) is 3.93. The minimum atomic E-state index is 0.757. The molecule has 0 unspecified atom stereocenters. The van der Waals surface area contributed by atoms with E-state index in [-0.39, 0.29) is 0 Å². The Morgan fingerprint density at radius 3 is 2.68 bits per heavy atom. The lowest BCUT2D eigenvalue weighted by Gasteiger charge is -2.11. The topological polar surface area (TPSA) is 60.0 Å². The van der Waals surface area contributed by atoms with Gasteiger partial charge in [-0.1, -0.05) is 30.3 Å². The molecule has 0 fully saturated rings. The van der Waals surface area contributed by atoms with Gasteiger partial charge in [-0.2, -0.15) is 14.7 Å². The van der Waals surface area contributed by atoms with Crippen molar-refractivity contribution in [2.45, 2.75) is 20.4 Å². The Bertz CT molecular complexity index is 999. The number of nitrogens with zero attached hydrogens (tertiary/aromatic N) is 5. The molecule has 6 heteroatoms. The molecule has 6 nitrogen and oxygen atoms in total. The van der Waals surface area contributed by atoms with Crippen molar-refractivity contribution in [1.82, 2.24) is 24.4 Å². The van der Waals surface area contributed by atoms with E-state index in [0.717, 1.165) is 41.5 Å². The Morgan fingerprint density at radius 1 is 1.08 bits per heavy atom. The molecule has 3 heterocycles. The van der Waals surface area contributed by atoms with Crippen LogP contribution in [0, 0.1) is 13.8 Å². The number of hydrogen-bond acceptors (Lipinski definition) is 4. The molecule has 1 aromatic carbocycles. The zero-order valence-electron chi connectivity index (χ0n) is 14.3. The third kappa shape index (κ3) is 3.24. The molecular weight excluding hydrogens is 312 g/mol. The fourth-order valence-corrected chi connectivity index (χ4v) is 2.86. The van der Waals surface area contributed by atoms with Crippen LogP contribution < -0.4 is 5.32 Å². The Labute approximate surface area is 146 Å². The van der Waals surface area contributed by atoms with Gasteiger partial charge in [0.05, 0.1) is 24.1 Å². The summed E-state index contributed by atoms with van der Waals surface area (Å²) in [6.07, 6.45) is 3.91. The van der Waals surface area contributed by atoms with E-state index in [1.165, 1.54) is 5.56 Å². The van der Waals surface area contributed by atoms with Crippen LogP contribution in [0.5, 0.6) is 0 Å². The highest BCUT2D eigenvalue weighted by Crippen LogP contribution is 2.22. The molecule has 126 valence electrons. The molecule has 0 spiro atoms. The Hall–Kier alpha value is -3.15. The number of benzene rings is 1. The quantitative estimate of drug-likeness (QED) is 0.609. The van der Waals surface area contributed by atoms with Crippen LogP contribution in [0.25, 0.3) is 16.9 Å². The monoisotopic (exact) mass is 332 g/mol. The van der Waals surface area contributed by atoms with Gasteiger partial charge in [0.1, 0.15) is 5.82 Å². The molecule has 0 amide bonds. The molecule has 0 saturated carbocycles. The fourth-order valence-electron chi connectivity index (χ4n) is 2.86. The molecule has 25 heavy (non-hydrogen) atoms. The summed E-state index contributed by atoms with van der Waals surface area (Å²) in [5.41, 5.74) is 4.99. The van der Waals surface area contributed by atoms with Crippen molar-refractivity contribution in [3.63, 3.8) is 0 Å². The summed E-state index contributed by atoms with van der Waals surface area (Å²) in [5, 5.41) is 12.3. The summed E-state index contributed by atoms with van der Waals surface area (Å²) in [7, 11) is 0. The first-order valence-electron chi connectivity index (χ1n) is 8.35. The van der Waals surface area contributed by atoms with E-state index in [1.54, 1.807) is 0 Å². The molecule has 3 aromatic heterocycles. The molecule has 0 aliphatic carbocycles. The zero-order valence-corrected chi connectivity index (χ0v) is 14.3. The summed E-state index contributed by atoms with van der Waals surface area (Å²) in [4.78, 5) is 4.74. The van der Waals surface area contributed by atoms with Crippen LogP contribution in [-0.4, -0.2) is 30.9 Å². The molecule has 0 radical (unpaired) electrons. The van der Waals surface area contributed by atoms with Crippen molar-refractivity contribution in [1.29, 1.82) is 0 Å². The maximum absolute atomic E-state index is 4.74. The molecule has 0 aliphatic rings. The van der Waals surface area contributed by atoms with Crippen molar-refractivity contribution in [3.05, 3.63) is 66.1 Å². The second-order valence-corrected chi connectivity index (χ2v) is 6.16. The van der Waals surface area contributed by atoms with Crippen LogP contribution in [-0.2, 0) is 6.54 Å². The smallest absolute Gasteiger partial charge is 0.158 e. The van der Waals surface area contributed by atoms with Crippen LogP contribution in [0.1, 0.15) is 11.3 Å². The minimum Gasteiger partial charge on any atom is -0.368 e. The van der Waals surface area contributed by atoms with E-state index in [2.05, 4.69) is 27.6 Å². The maximum Gasteiger partial charge on any atom is 0.158 e. The fraction of sp³-hybridized carbons (Fsp3) is 0.211. The standard InChI is InChI=1S/C19H20N6/c1-14-12-21-24(13-14)9-8-20-18-11-17(16-6-4-3-5-7-16)22-19-10-15(2)23-25(18)19/h3-7,10-13,20H,8-9H2,1-2H3. The van der Waals surface area contributed by atoms with Crippen molar-refractivity contribution in [3.8, 4) is 11.3 Å². The highest BCUT2D eigenvalue weighted by atomic mass is 15.3. The molecule has 1 N–H and O–H groups in total. The van der Waals surface area contributed by atoms with Crippen molar-refractivity contribution < 1.29 is 0 Å². The first-order chi connectivity index (χ1) is 12.2.